The molecule has 0 radical (unpaired) electrons. The lowest BCUT2D eigenvalue weighted by atomic mass is 10.1. The highest BCUT2D eigenvalue weighted by Crippen LogP contribution is 2.27. The van der Waals surface area contributed by atoms with Crippen molar-refractivity contribution in [3.8, 4) is 17.2 Å². The van der Waals surface area contributed by atoms with Crippen LogP contribution in [0.5, 0.6) is 17.2 Å². The number of rotatable bonds is 7. The van der Waals surface area contributed by atoms with Crippen LogP contribution < -0.4 is 14.2 Å². The number of aryl methyl sites for hydroxylation is 2. The van der Waals surface area contributed by atoms with E-state index in [1.807, 2.05) is 26.0 Å². The zero-order chi connectivity index (χ0) is 15.9. The van der Waals surface area contributed by atoms with E-state index in [0.29, 0.717) is 30.3 Å². The Bertz CT molecular complexity index is 650. The molecule has 22 heavy (non-hydrogen) atoms. The Morgan fingerprint density at radius 2 is 1.59 bits per heavy atom. The smallest absolute Gasteiger partial charge is 0.162 e. The fourth-order valence-electron chi connectivity index (χ4n) is 2.14. The third-order valence-electron chi connectivity index (χ3n) is 3.25. The van der Waals surface area contributed by atoms with Crippen LogP contribution in [0.2, 0.25) is 0 Å². The standard InChI is InChI=1S/C18H20O4/c1-13-4-6-16(14(2)10-13)21-8-9-22-18-11-15(12-19)5-7-17(18)20-3/h4-7,10-12H,8-9H2,1-3H3. The van der Waals surface area contributed by atoms with Crippen LogP contribution in [0.4, 0.5) is 0 Å². The van der Waals surface area contributed by atoms with Gasteiger partial charge in [-0.25, -0.2) is 0 Å². The molecule has 0 aliphatic rings. The Kier molecular flexibility index (Phi) is 5.42. The largest absolute Gasteiger partial charge is 0.493 e. The number of carbonyl (C=O) groups excluding carboxylic acids is 1. The van der Waals surface area contributed by atoms with E-state index in [4.69, 9.17) is 14.2 Å². The summed E-state index contributed by atoms with van der Waals surface area (Å²) in [5.74, 6) is 1.98. The lowest BCUT2D eigenvalue weighted by molar-refractivity contribution is 0.112. The highest BCUT2D eigenvalue weighted by Gasteiger charge is 2.06. The molecule has 0 fully saturated rings. The van der Waals surface area contributed by atoms with Crippen LogP contribution in [0.15, 0.2) is 36.4 Å². The Balaban J connectivity index is 1.92. The summed E-state index contributed by atoms with van der Waals surface area (Å²) in [6, 6.07) is 11.1. The molecule has 0 N–H and O–H groups in total. The maximum Gasteiger partial charge on any atom is 0.162 e. The number of hydrogen-bond donors (Lipinski definition) is 0. The average Bonchev–Trinajstić information content (AvgIpc) is 2.53. The summed E-state index contributed by atoms with van der Waals surface area (Å²) in [5, 5.41) is 0. The Hall–Kier alpha value is -2.49. The topological polar surface area (TPSA) is 44.8 Å². The second-order valence-corrected chi connectivity index (χ2v) is 4.99. The third-order valence-corrected chi connectivity index (χ3v) is 3.25. The molecule has 0 saturated carbocycles. The van der Waals surface area contributed by atoms with Gasteiger partial charge in [0, 0.05) is 5.56 Å². The molecule has 0 amide bonds. The molecule has 0 aliphatic heterocycles. The molecule has 2 aromatic carbocycles. The number of ether oxygens (including phenoxy) is 3. The average molecular weight is 300 g/mol. The summed E-state index contributed by atoms with van der Waals surface area (Å²) >= 11 is 0. The lowest BCUT2D eigenvalue weighted by Crippen LogP contribution is -2.10. The molecule has 0 bridgehead atoms. The Labute approximate surface area is 130 Å². The molecule has 116 valence electrons. The van der Waals surface area contributed by atoms with E-state index in [9.17, 15) is 4.79 Å². The van der Waals surface area contributed by atoms with Gasteiger partial charge >= 0.3 is 0 Å². The Morgan fingerprint density at radius 1 is 0.909 bits per heavy atom. The molecule has 0 heterocycles. The third kappa shape index (κ3) is 4.01. The summed E-state index contributed by atoms with van der Waals surface area (Å²) in [4.78, 5) is 10.8. The highest BCUT2D eigenvalue weighted by atomic mass is 16.5. The van der Waals surface area contributed by atoms with Crippen molar-refractivity contribution in [2.24, 2.45) is 0 Å². The van der Waals surface area contributed by atoms with E-state index in [2.05, 4.69) is 6.07 Å². The first kappa shape index (κ1) is 15.9. The van der Waals surface area contributed by atoms with Crippen molar-refractivity contribution in [2.45, 2.75) is 13.8 Å². The van der Waals surface area contributed by atoms with Crippen LogP contribution in [0, 0.1) is 13.8 Å². The van der Waals surface area contributed by atoms with Crippen molar-refractivity contribution >= 4 is 6.29 Å². The minimum atomic E-state index is 0.367. The number of hydrogen-bond acceptors (Lipinski definition) is 4. The molecule has 4 heteroatoms. The summed E-state index contributed by atoms with van der Waals surface area (Å²) in [6.07, 6.45) is 0.776. The van der Waals surface area contributed by atoms with Gasteiger partial charge in [-0.3, -0.25) is 4.79 Å². The van der Waals surface area contributed by atoms with Crippen molar-refractivity contribution in [1.82, 2.24) is 0 Å². The lowest BCUT2D eigenvalue weighted by Gasteiger charge is -2.13. The zero-order valence-electron chi connectivity index (χ0n) is 13.1. The van der Waals surface area contributed by atoms with Crippen LogP contribution in [0.25, 0.3) is 0 Å². The van der Waals surface area contributed by atoms with Gasteiger partial charge in [0.05, 0.1) is 7.11 Å². The predicted octanol–water partition coefficient (Wildman–Crippen LogP) is 3.58. The first-order chi connectivity index (χ1) is 10.6. The minimum absolute atomic E-state index is 0.367. The molecular weight excluding hydrogens is 280 g/mol. The van der Waals surface area contributed by atoms with Crippen LogP contribution in [0.3, 0.4) is 0 Å². The molecule has 0 atom stereocenters. The predicted molar refractivity (Wildman–Crippen MR) is 85.3 cm³/mol. The number of benzene rings is 2. The number of aldehydes is 1. The van der Waals surface area contributed by atoms with E-state index in [1.165, 1.54) is 5.56 Å². The highest BCUT2D eigenvalue weighted by molar-refractivity contribution is 5.76. The fraction of sp³-hybridized carbons (Fsp3) is 0.278. The van der Waals surface area contributed by atoms with Gasteiger partial charge in [0.1, 0.15) is 25.2 Å². The second kappa shape index (κ2) is 7.50. The molecule has 0 saturated heterocycles. The van der Waals surface area contributed by atoms with Gasteiger partial charge in [-0.05, 0) is 43.7 Å². The summed E-state index contributed by atoms with van der Waals surface area (Å²) in [7, 11) is 1.56. The van der Waals surface area contributed by atoms with Crippen molar-refractivity contribution < 1.29 is 19.0 Å². The quantitative estimate of drug-likeness (QED) is 0.579. The molecule has 0 aromatic heterocycles. The Morgan fingerprint density at radius 3 is 2.23 bits per heavy atom. The van der Waals surface area contributed by atoms with Gasteiger partial charge in [0.15, 0.2) is 11.5 Å². The zero-order valence-corrected chi connectivity index (χ0v) is 13.1. The molecule has 0 unspecified atom stereocenters. The summed E-state index contributed by atoms with van der Waals surface area (Å²) in [6.45, 7) is 4.84. The monoisotopic (exact) mass is 300 g/mol. The molecule has 2 aromatic rings. The SMILES string of the molecule is COc1ccc(C=O)cc1OCCOc1ccc(C)cc1C. The van der Waals surface area contributed by atoms with Crippen LogP contribution in [-0.4, -0.2) is 26.6 Å². The molecule has 2 rings (SSSR count). The number of carbonyl (C=O) groups is 1. The molecule has 0 spiro atoms. The number of methoxy groups -OCH3 is 1. The van der Waals surface area contributed by atoms with Gasteiger partial charge in [0.25, 0.3) is 0 Å². The van der Waals surface area contributed by atoms with Gasteiger partial charge in [-0.15, -0.1) is 0 Å². The normalized spacial score (nSPS) is 10.1. The van der Waals surface area contributed by atoms with E-state index in [1.54, 1.807) is 25.3 Å². The van der Waals surface area contributed by atoms with Crippen molar-refractivity contribution in [1.29, 1.82) is 0 Å². The summed E-state index contributed by atoms with van der Waals surface area (Å²) in [5.41, 5.74) is 2.85. The summed E-state index contributed by atoms with van der Waals surface area (Å²) < 4.78 is 16.6. The fourth-order valence-corrected chi connectivity index (χ4v) is 2.14. The van der Waals surface area contributed by atoms with Crippen LogP contribution >= 0.6 is 0 Å². The molecule has 0 aliphatic carbocycles. The first-order valence-electron chi connectivity index (χ1n) is 7.10. The van der Waals surface area contributed by atoms with Crippen molar-refractivity contribution in [3.05, 3.63) is 53.1 Å². The van der Waals surface area contributed by atoms with Crippen LogP contribution in [0.1, 0.15) is 21.5 Å². The first-order valence-corrected chi connectivity index (χ1v) is 7.10. The van der Waals surface area contributed by atoms with Crippen molar-refractivity contribution in [3.63, 3.8) is 0 Å². The van der Waals surface area contributed by atoms with E-state index in [0.717, 1.165) is 17.6 Å². The van der Waals surface area contributed by atoms with Crippen LogP contribution in [-0.2, 0) is 0 Å². The van der Waals surface area contributed by atoms with E-state index in [-0.39, 0.29) is 0 Å². The van der Waals surface area contributed by atoms with Gasteiger partial charge in [-0.1, -0.05) is 17.7 Å². The maximum absolute atomic E-state index is 10.8. The van der Waals surface area contributed by atoms with Crippen molar-refractivity contribution in [2.75, 3.05) is 20.3 Å². The van der Waals surface area contributed by atoms with E-state index < -0.39 is 0 Å². The van der Waals surface area contributed by atoms with E-state index >= 15 is 0 Å². The molecule has 4 nitrogen and oxygen atoms in total. The molecular formula is C18H20O4. The maximum atomic E-state index is 10.8. The van der Waals surface area contributed by atoms with Gasteiger partial charge in [0.2, 0.25) is 0 Å². The second-order valence-electron chi connectivity index (χ2n) is 4.99. The van der Waals surface area contributed by atoms with Gasteiger partial charge in [-0.2, -0.15) is 0 Å². The van der Waals surface area contributed by atoms with Gasteiger partial charge < -0.3 is 14.2 Å². The minimum Gasteiger partial charge on any atom is -0.493 e.